The monoisotopic (exact) mass is 545 g/mol. The van der Waals surface area contributed by atoms with E-state index in [9.17, 15) is 37.8 Å². The number of benzene rings is 3. The minimum Gasteiger partial charge on any atom is -0.478 e. The molecule has 8 nitrogen and oxygen atoms in total. The zero-order valence-electron chi connectivity index (χ0n) is 19.6. The van der Waals surface area contributed by atoms with Crippen molar-refractivity contribution in [3.05, 3.63) is 87.9 Å². The molecule has 0 spiro atoms. The Balaban J connectivity index is 1.93. The number of hydrogen-bond donors (Lipinski definition) is 3. The number of aliphatic hydroxyl groups excluding tert-OH is 1. The summed E-state index contributed by atoms with van der Waals surface area (Å²) in [6, 6.07) is 12.7. The zero-order valence-corrected chi connectivity index (χ0v) is 20.3. The zero-order chi connectivity index (χ0) is 27.8. The molecule has 3 aromatic carbocycles. The van der Waals surface area contributed by atoms with Crippen molar-refractivity contribution in [2.45, 2.75) is 19.2 Å². The number of amides is 1. The minimum absolute atomic E-state index is 0.00322. The lowest BCUT2D eigenvalue weighted by atomic mass is 10.0. The van der Waals surface area contributed by atoms with Gasteiger partial charge in [0, 0.05) is 23.1 Å². The molecule has 4 rings (SSSR count). The fourth-order valence-electron chi connectivity index (χ4n) is 3.82. The number of aromatic carboxylic acids is 1. The van der Waals surface area contributed by atoms with Gasteiger partial charge in [-0.3, -0.25) is 9.59 Å². The van der Waals surface area contributed by atoms with E-state index in [0.717, 1.165) is 22.9 Å². The second kappa shape index (κ2) is 10.3. The van der Waals surface area contributed by atoms with Crippen LogP contribution in [0.25, 0.3) is 22.2 Å². The van der Waals surface area contributed by atoms with Crippen molar-refractivity contribution in [2.24, 2.45) is 0 Å². The van der Waals surface area contributed by atoms with Gasteiger partial charge in [-0.25, -0.2) is 4.79 Å². The van der Waals surface area contributed by atoms with Crippen LogP contribution >= 0.6 is 11.6 Å². The lowest BCUT2D eigenvalue weighted by Gasteiger charge is -2.13. The fraction of sp³-hybridized carbons (Fsp3) is 0.154. The van der Waals surface area contributed by atoms with Crippen LogP contribution in [0.5, 0.6) is 0 Å². The molecule has 1 aromatic heterocycles. The van der Waals surface area contributed by atoms with Gasteiger partial charge in [-0.05, 0) is 49.4 Å². The van der Waals surface area contributed by atoms with Crippen molar-refractivity contribution in [3.8, 4) is 11.3 Å². The van der Waals surface area contributed by atoms with Crippen LogP contribution < -0.4 is 5.32 Å². The topological polar surface area (TPSA) is 122 Å². The molecule has 0 fully saturated rings. The molecule has 0 bridgehead atoms. The summed E-state index contributed by atoms with van der Waals surface area (Å²) in [5, 5.41) is 25.3. The SMILES string of the molecule is CC(O)CNC(=O)c1ccc2c(-c3ccc(C(=O)O)cc3)nn(C(=O)c3c(Cl)cccc3C(F)(F)F)c2c1. The first-order chi connectivity index (χ1) is 17.9. The third kappa shape index (κ3) is 5.24. The van der Waals surface area contributed by atoms with E-state index in [-0.39, 0.29) is 28.9 Å². The molecule has 3 N–H and O–H groups in total. The highest BCUT2D eigenvalue weighted by atomic mass is 35.5. The summed E-state index contributed by atoms with van der Waals surface area (Å²) in [6.45, 7) is 1.42. The van der Waals surface area contributed by atoms with Crippen LogP contribution in [0.2, 0.25) is 5.02 Å². The van der Waals surface area contributed by atoms with E-state index >= 15 is 0 Å². The number of rotatable bonds is 6. The highest BCUT2D eigenvalue weighted by Crippen LogP contribution is 2.37. The Hall–Kier alpha value is -4.22. The normalized spacial score (nSPS) is 12.4. The maximum absolute atomic E-state index is 13.7. The van der Waals surface area contributed by atoms with E-state index in [1.54, 1.807) is 0 Å². The summed E-state index contributed by atoms with van der Waals surface area (Å²) in [7, 11) is 0. The van der Waals surface area contributed by atoms with Crippen molar-refractivity contribution in [1.82, 2.24) is 15.1 Å². The molecule has 0 aliphatic carbocycles. The molecule has 0 saturated carbocycles. The molecule has 0 radical (unpaired) electrons. The molecule has 1 atom stereocenters. The number of halogens is 4. The maximum Gasteiger partial charge on any atom is 0.417 e. The third-order valence-electron chi connectivity index (χ3n) is 5.63. The van der Waals surface area contributed by atoms with Gasteiger partial charge in [-0.15, -0.1) is 0 Å². The molecular weight excluding hydrogens is 527 g/mol. The first kappa shape index (κ1) is 26.8. The molecule has 0 saturated heterocycles. The quantitative estimate of drug-likeness (QED) is 0.318. The average molecular weight is 546 g/mol. The molecular formula is C26H19ClF3N3O5. The van der Waals surface area contributed by atoms with Crippen LogP contribution in [0.15, 0.2) is 60.7 Å². The molecule has 1 amide bonds. The van der Waals surface area contributed by atoms with E-state index < -0.39 is 46.2 Å². The number of carboxylic acid groups (broad SMARTS) is 1. The van der Waals surface area contributed by atoms with Gasteiger partial charge in [0.05, 0.1) is 33.3 Å². The number of nitrogens with one attached hydrogen (secondary N) is 1. The van der Waals surface area contributed by atoms with Gasteiger partial charge in [-0.1, -0.05) is 29.8 Å². The largest absolute Gasteiger partial charge is 0.478 e. The van der Waals surface area contributed by atoms with Crippen LogP contribution in [0, 0.1) is 0 Å². The van der Waals surface area contributed by atoms with Gasteiger partial charge in [0.1, 0.15) is 5.69 Å². The standard InChI is InChI=1S/C26H19ClF3N3O5/c1-13(34)12-31-23(35)16-9-10-17-20(11-16)33(32-22(17)14-5-7-15(8-6-14)25(37)38)24(36)21-18(26(28,29)30)3-2-4-19(21)27/h2-11,13,34H,12H2,1H3,(H,31,35)(H,37,38). The Morgan fingerprint density at radius 3 is 2.32 bits per heavy atom. The summed E-state index contributed by atoms with van der Waals surface area (Å²) in [5.41, 5.74) is -1.44. The number of aromatic nitrogens is 2. The molecule has 4 aromatic rings. The number of aliphatic hydroxyl groups is 1. The van der Waals surface area contributed by atoms with Gasteiger partial charge >= 0.3 is 12.1 Å². The highest BCUT2D eigenvalue weighted by Gasteiger charge is 2.37. The Labute approximate surface area is 218 Å². The van der Waals surface area contributed by atoms with E-state index in [0.29, 0.717) is 10.9 Å². The molecule has 1 heterocycles. The Morgan fingerprint density at radius 1 is 1.05 bits per heavy atom. The van der Waals surface area contributed by atoms with Crippen molar-refractivity contribution < 1.29 is 37.8 Å². The van der Waals surface area contributed by atoms with Crippen molar-refractivity contribution in [3.63, 3.8) is 0 Å². The first-order valence-corrected chi connectivity index (χ1v) is 11.5. The van der Waals surface area contributed by atoms with Crippen LogP contribution in [0.1, 0.15) is 43.6 Å². The van der Waals surface area contributed by atoms with Crippen molar-refractivity contribution in [2.75, 3.05) is 6.54 Å². The molecule has 196 valence electrons. The third-order valence-corrected chi connectivity index (χ3v) is 5.95. The number of carboxylic acids is 1. The molecule has 0 aliphatic heterocycles. The van der Waals surface area contributed by atoms with Crippen LogP contribution in [-0.2, 0) is 6.18 Å². The smallest absolute Gasteiger partial charge is 0.417 e. The number of carbonyl (C=O) groups is 3. The van der Waals surface area contributed by atoms with Gasteiger partial charge in [0.15, 0.2) is 0 Å². The first-order valence-electron chi connectivity index (χ1n) is 11.1. The summed E-state index contributed by atoms with van der Waals surface area (Å²) in [4.78, 5) is 37.4. The summed E-state index contributed by atoms with van der Waals surface area (Å²) in [6.07, 6.45) is -5.71. The van der Waals surface area contributed by atoms with Gasteiger partial charge in [0.25, 0.3) is 11.8 Å². The van der Waals surface area contributed by atoms with E-state index in [2.05, 4.69) is 10.4 Å². The highest BCUT2D eigenvalue weighted by molar-refractivity contribution is 6.34. The number of nitrogens with zero attached hydrogens (tertiary/aromatic N) is 2. The van der Waals surface area contributed by atoms with Crippen molar-refractivity contribution >= 4 is 40.3 Å². The predicted octanol–water partition coefficient (Wildman–Crippen LogP) is 4.87. The predicted molar refractivity (Wildman–Crippen MR) is 132 cm³/mol. The number of carbonyl (C=O) groups excluding carboxylic acids is 2. The maximum atomic E-state index is 13.7. The summed E-state index contributed by atoms with van der Waals surface area (Å²) >= 11 is 6.05. The van der Waals surface area contributed by atoms with Gasteiger partial charge in [0.2, 0.25) is 0 Å². The van der Waals surface area contributed by atoms with Gasteiger partial charge in [-0.2, -0.15) is 23.0 Å². The Morgan fingerprint density at radius 2 is 1.71 bits per heavy atom. The molecule has 38 heavy (non-hydrogen) atoms. The Kier molecular flexibility index (Phi) is 7.25. The van der Waals surface area contributed by atoms with E-state index in [1.807, 2.05) is 0 Å². The van der Waals surface area contributed by atoms with Crippen LogP contribution in [0.4, 0.5) is 13.2 Å². The Bertz CT molecular complexity index is 1560. The fourth-order valence-corrected chi connectivity index (χ4v) is 4.08. The summed E-state index contributed by atoms with van der Waals surface area (Å²) < 4.78 is 42.0. The second-order valence-electron chi connectivity index (χ2n) is 8.40. The number of hydrogen-bond acceptors (Lipinski definition) is 5. The second-order valence-corrected chi connectivity index (χ2v) is 8.81. The van der Waals surface area contributed by atoms with Crippen LogP contribution in [0.3, 0.4) is 0 Å². The number of fused-ring (bicyclic) bond motifs is 1. The van der Waals surface area contributed by atoms with Crippen LogP contribution in [-0.4, -0.2) is 50.4 Å². The van der Waals surface area contributed by atoms with E-state index in [1.165, 1.54) is 49.4 Å². The lowest BCUT2D eigenvalue weighted by Crippen LogP contribution is -2.30. The average Bonchev–Trinajstić information content (AvgIpc) is 3.25. The number of alkyl halides is 3. The lowest BCUT2D eigenvalue weighted by molar-refractivity contribution is -0.137. The molecule has 0 aliphatic rings. The van der Waals surface area contributed by atoms with E-state index in [4.69, 9.17) is 11.6 Å². The molecule has 12 heteroatoms. The molecule has 1 unspecified atom stereocenters. The summed E-state index contributed by atoms with van der Waals surface area (Å²) in [5.74, 6) is -2.93. The van der Waals surface area contributed by atoms with Crippen molar-refractivity contribution in [1.29, 1.82) is 0 Å². The van der Waals surface area contributed by atoms with Gasteiger partial charge < -0.3 is 15.5 Å². The minimum atomic E-state index is -4.89.